The lowest BCUT2D eigenvalue weighted by Gasteiger charge is -2.17. The number of hydrogen-bond donors (Lipinski definition) is 1. The second-order valence-electron chi connectivity index (χ2n) is 5.18. The maximum Gasteiger partial charge on any atom is 0.131 e. The Morgan fingerprint density at radius 3 is 2.91 bits per heavy atom. The normalized spacial score (nSPS) is 11.6. The van der Waals surface area contributed by atoms with Gasteiger partial charge in [0.1, 0.15) is 21.7 Å². The zero-order chi connectivity index (χ0) is 15.5. The van der Waals surface area contributed by atoms with Gasteiger partial charge in [-0.25, -0.2) is 9.37 Å². The first-order valence-corrected chi connectivity index (χ1v) is 8.11. The van der Waals surface area contributed by atoms with Crippen molar-refractivity contribution in [1.29, 1.82) is 0 Å². The van der Waals surface area contributed by atoms with Crippen LogP contribution in [-0.2, 0) is 13.0 Å². The van der Waals surface area contributed by atoms with Crippen LogP contribution in [0.4, 0.5) is 4.39 Å². The molecule has 2 aromatic heterocycles. The Kier molecular flexibility index (Phi) is 4.44. The molecule has 3 rings (SSSR count). The van der Waals surface area contributed by atoms with Gasteiger partial charge in [0.2, 0.25) is 0 Å². The maximum absolute atomic E-state index is 13.2. The number of aromatic amines is 1. The second-order valence-corrected chi connectivity index (χ2v) is 6.44. The molecule has 0 saturated heterocycles. The first kappa shape index (κ1) is 15.1. The van der Waals surface area contributed by atoms with Gasteiger partial charge in [-0.2, -0.15) is 0 Å². The van der Waals surface area contributed by atoms with Crippen molar-refractivity contribution >= 4 is 22.4 Å². The van der Waals surface area contributed by atoms with Gasteiger partial charge in [-0.1, -0.05) is 6.92 Å². The van der Waals surface area contributed by atoms with Crippen molar-refractivity contribution in [2.45, 2.75) is 26.8 Å². The van der Waals surface area contributed by atoms with Crippen LogP contribution in [0.15, 0.2) is 18.2 Å². The second kappa shape index (κ2) is 6.50. The molecule has 0 bridgehead atoms. The Bertz CT molecular complexity index is 766. The van der Waals surface area contributed by atoms with Gasteiger partial charge in [-0.05, 0) is 31.7 Å². The van der Waals surface area contributed by atoms with Gasteiger partial charge in [0.05, 0.1) is 17.6 Å². The minimum absolute atomic E-state index is 0.246. The van der Waals surface area contributed by atoms with Crippen molar-refractivity contribution in [3.63, 3.8) is 0 Å². The molecule has 0 amide bonds. The molecule has 7 heteroatoms. The molecule has 0 atom stereocenters. The van der Waals surface area contributed by atoms with Crippen molar-refractivity contribution in [1.82, 2.24) is 25.1 Å². The van der Waals surface area contributed by atoms with Gasteiger partial charge >= 0.3 is 0 Å². The van der Waals surface area contributed by atoms with E-state index in [4.69, 9.17) is 0 Å². The minimum atomic E-state index is -0.246. The third-order valence-electron chi connectivity index (χ3n) is 3.53. The average Bonchev–Trinajstić information content (AvgIpc) is 3.08. The zero-order valence-electron chi connectivity index (χ0n) is 12.6. The quantitative estimate of drug-likeness (QED) is 0.759. The molecule has 1 aromatic carbocycles. The molecule has 0 fully saturated rings. The van der Waals surface area contributed by atoms with E-state index >= 15 is 0 Å². The molecule has 22 heavy (non-hydrogen) atoms. The highest BCUT2D eigenvalue weighted by Crippen LogP contribution is 2.14. The van der Waals surface area contributed by atoms with Crippen molar-refractivity contribution in [2.75, 3.05) is 13.1 Å². The summed E-state index contributed by atoms with van der Waals surface area (Å²) >= 11 is 1.63. The van der Waals surface area contributed by atoms with Gasteiger partial charge < -0.3 is 4.98 Å². The van der Waals surface area contributed by atoms with E-state index in [0.29, 0.717) is 0 Å². The molecular weight excluding hydrogens is 301 g/mol. The number of rotatable bonds is 6. The van der Waals surface area contributed by atoms with Crippen LogP contribution in [0, 0.1) is 12.7 Å². The van der Waals surface area contributed by atoms with Crippen molar-refractivity contribution in [2.24, 2.45) is 0 Å². The fraction of sp³-hybridized carbons (Fsp3) is 0.400. The lowest BCUT2D eigenvalue weighted by Crippen LogP contribution is -2.25. The number of aryl methyl sites for hydroxylation is 1. The molecule has 2 heterocycles. The lowest BCUT2D eigenvalue weighted by atomic mass is 10.3. The van der Waals surface area contributed by atoms with Crippen LogP contribution in [0.1, 0.15) is 22.8 Å². The number of H-pyrrole nitrogens is 1. The maximum atomic E-state index is 13.2. The summed E-state index contributed by atoms with van der Waals surface area (Å²) in [6.07, 6.45) is 0.794. The Morgan fingerprint density at radius 1 is 1.32 bits per heavy atom. The summed E-state index contributed by atoms with van der Waals surface area (Å²) < 4.78 is 13.2. The number of halogens is 1. The smallest absolute Gasteiger partial charge is 0.131 e. The van der Waals surface area contributed by atoms with E-state index in [1.54, 1.807) is 17.4 Å². The molecule has 0 saturated carbocycles. The molecule has 116 valence electrons. The highest BCUT2D eigenvalue weighted by Gasteiger charge is 2.10. The van der Waals surface area contributed by atoms with Crippen molar-refractivity contribution in [3.8, 4) is 0 Å². The molecule has 0 aliphatic rings. The largest absolute Gasteiger partial charge is 0.342 e. The number of imidazole rings is 1. The number of benzene rings is 1. The van der Waals surface area contributed by atoms with Crippen molar-refractivity contribution < 1.29 is 4.39 Å². The van der Waals surface area contributed by atoms with Crippen LogP contribution in [0.2, 0.25) is 0 Å². The van der Waals surface area contributed by atoms with Crippen molar-refractivity contribution in [3.05, 3.63) is 39.9 Å². The summed E-state index contributed by atoms with van der Waals surface area (Å²) in [4.78, 5) is 9.98. The summed E-state index contributed by atoms with van der Waals surface area (Å²) in [5.74, 6) is 0.636. The fourth-order valence-electron chi connectivity index (χ4n) is 2.36. The highest BCUT2D eigenvalue weighted by molar-refractivity contribution is 7.11. The van der Waals surface area contributed by atoms with Crippen LogP contribution in [0.25, 0.3) is 11.0 Å². The first-order valence-electron chi connectivity index (χ1n) is 7.29. The Balaban J connectivity index is 1.63. The van der Waals surface area contributed by atoms with E-state index in [9.17, 15) is 4.39 Å². The van der Waals surface area contributed by atoms with Gasteiger partial charge in [-0.3, -0.25) is 4.90 Å². The minimum Gasteiger partial charge on any atom is -0.342 e. The third-order valence-corrected chi connectivity index (χ3v) is 4.36. The van der Waals surface area contributed by atoms with E-state index in [1.807, 2.05) is 6.92 Å². The summed E-state index contributed by atoms with van der Waals surface area (Å²) in [5, 5.41) is 10.2. The van der Waals surface area contributed by atoms with Crippen LogP contribution in [0.5, 0.6) is 0 Å². The van der Waals surface area contributed by atoms with E-state index in [-0.39, 0.29) is 5.82 Å². The number of aromatic nitrogens is 4. The van der Waals surface area contributed by atoms with Gasteiger partial charge in [0.25, 0.3) is 0 Å². The van der Waals surface area contributed by atoms with Gasteiger partial charge in [0, 0.05) is 13.0 Å². The van der Waals surface area contributed by atoms with E-state index < -0.39 is 0 Å². The number of likely N-dealkylation sites (N-methyl/N-ethyl adjacent to an activating group) is 1. The van der Waals surface area contributed by atoms with Gasteiger partial charge in [0.15, 0.2) is 0 Å². The predicted molar refractivity (Wildman–Crippen MR) is 85.4 cm³/mol. The topological polar surface area (TPSA) is 57.7 Å². The molecule has 0 unspecified atom stereocenters. The molecule has 1 N–H and O–H groups in total. The zero-order valence-corrected chi connectivity index (χ0v) is 13.5. The third kappa shape index (κ3) is 3.48. The van der Waals surface area contributed by atoms with E-state index in [1.165, 1.54) is 12.1 Å². The molecule has 0 aliphatic heterocycles. The number of nitrogens with zero attached hydrogens (tertiary/aromatic N) is 4. The summed E-state index contributed by atoms with van der Waals surface area (Å²) in [6.45, 7) is 6.70. The number of hydrogen-bond acceptors (Lipinski definition) is 5. The average molecular weight is 319 g/mol. The summed E-state index contributed by atoms with van der Waals surface area (Å²) in [5.41, 5.74) is 1.55. The predicted octanol–water partition coefficient (Wildman–Crippen LogP) is 2.93. The van der Waals surface area contributed by atoms with Crippen LogP contribution in [0.3, 0.4) is 0 Å². The van der Waals surface area contributed by atoms with Gasteiger partial charge in [-0.15, -0.1) is 21.5 Å². The van der Waals surface area contributed by atoms with Crippen LogP contribution < -0.4 is 0 Å². The Labute approximate surface area is 132 Å². The van der Waals surface area contributed by atoms with Crippen LogP contribution >= 0.6 is 11.3 Å². The molecule has 5 nitrogen and oxygen atoms in total. The highest BCUT2D eigenvalue weighted by atomic mass is 32.1. The monoisotopic (exact) mass is 319 g/mol. The number of nitrogens with one attached hydrogen (secondary N) is 1. The molecule has 0 aliphatic carbocycles. The summed E-state index contributed by atoms with van der Waals surface area (Å²) in [7, 11) is 0. The molecular formula is C15H18FN5S. The standard InChI is InChI=1S/C15H18FN5S/c1-3-21(9-15-20-19-10(2)22-15)7-6-14-17-12-5-4-11(16)8-13(12)18-14/h4-5,8H,3,6-7,9H2,1-2H3,(H,17,18). The lowest BCUT2D eigenvalue weighted by molar-refractivity contribution is 0.281. The molecule has 0 radical (unpaired) electrons. The number of fused-ring (bicyclic) bond motifs is 1. The summed E-state index contributed by atoms with van der Waals surface area (Å²) in [6, 6.07) is 4.61. The Hall–Kier alpha value is -1.86. The Morgan fingerprint density at radius 2 is 2.18 bits per heavy atom. The van der Waals surface area contributed by atoms with Crippen LogP contribution in [-0.4, -0.2) is 38.2 Å². The molecule has 0 spiro atoms. The SMILES string of the molecule is CCN(CCc1nc2ccc(F)cc2[nH]1)Cc1nnc(C)s1. The van der Waals surface area contributed by atoms with E-state index in [2.05, 4.69) is 32.0 Å². The van der Waals surface area contributed by atoms with E-state index in [0.717, 1.165) is 52.9 Å². The molecule has 3 aromatic rings. The fourth-order valence-corrected chi connectivity index (χ4v) is 3.11. The first-order chi connectivity index (χ1) is 10.6.